The molecule has 13 heteroatoms. The van der Waals surface area contributed by atoms with E-state index in [1.165, 1.54) is 28.5 Å². The predicted octanol–water partition coefficient (Wildman–Crippen LogP) is 6.09. The van der Waals surface area contributed by atoms with Crippen LogP contribution in [0, 0.1) is 20.2 Å². The van der Waals surface area contributed by atoms with Crippen LogP contribution in [-0.4, -0.2) is 19.0 Å². The first-order valence-electron chi connectivity index (χ1n) is 11.7. The Morgan fingerprint density at radius 3 is 1.85 bits per heavy atom. The van der Waals surface area contributed by atoms with Crippen molar-refractivity contribution in [2.45, 2.75) is 36.4 Å². The molecule has 0 saturated carbocycles. The standard InChI is InChI=1S/C26H22N4O6S3/c1-2-21-24(31)27(16-6-10-19-12-14-22(37-19)29(33)34)26(32)28(25(21)39-18-8-4-3-5-9-18)17-7-11-20-13-15-23(38-20)30(35)36/h3-15H,2,16-17H2,1H3/b10-6+,11-7+. The zero-order valence-corrected chi connectivity index (χ0v) is 23.0. The normalized spacial score (nSPS) is 11.5. The van der Waals surface area contributed by atoms with Crippen molar-refractivity contribution in [3.8, 4) is 0 Å². The fourth-order valence-electron chi connectivity index (χ4n) is 3.69. The van der Waals surface area contributed by atoms with Crippen LogP contribution in [0.4, 0.5) is 10.0 Å². The summed E-state index contributed by atoms with van der Waals surface area (Å²) in [4.78, 5) is 50.2. The highest BCUT2D eigenvalue weighted by Crippen LogP contribution is 2.29. The lowest BCUT2D eigenvalue weighted by molar-refractivity contribution is -0.380. The molecule has 0 unspecified atom stereocenters. The first-order chi connectivity index (χ1) is 18.8. The number of nitrogens with zero attached hydrogens (tertiary/aromatic N) is 4. The molecular weight excluding hydrogens is 561 g/mol. The number of allylic oxidation sites excluding steroid dienone is 2. The Hall–Kier alpha value is -4.07. The van der Waals surface area contributed by atoms with Crippen molar-refractivity contribution in [1.82, 2.24) is 9.13 Å². The topological polar surface area (TPSA) is 130 Å². The second kappa shape index (κ2) is 12.7. The van der Waals surface area contributed by atoms with Crippen molar-refractivity contribution in [1.29, 1.82) is 0 Å². The summed E-state index contributed by atoms with van der Waals surface area (Å²) in [7, 11) is 0. The van der Waals surface area contributed by atoms with Gasteiger partial charge in [-0.15, -0.1) is 0 Å². The predicted molar refractivity (Wildman–Crippen MR) is 155 cm³/mol. The number of hydrogen-bond donors (Lipinski definition) is 0. The van der Waals surface area contributed by atoms with Gasteiger partial charge in [-0.1, -0.05) is 71.7 Å². The minimum atomic E-state index is -0.501. The highest BCUT2D eigenvalue weighted by Gasteiger charge is 2.18. The summed E-state index contributed by atoms with van der Waals surface area (Å²) in [5.74, 6) is 0. The van der Waals surface area contributed by atoms with E-state index < -0.39 is 21.1 Å². The summed E-state index contributed by atoms with van der Waals surface area (Å²) in [6.07, 6.45) is 7.13. The first-order valence-corrected chi connectivity index (χ1v) is 14.1. The highest BCUT2D eigenvalue weighted by molar-refractivity contribution is 7.99. The third-order valence-corrected chi connectivity index (χ3v) is 8.68. The maximum absolute atomic E-state index is 13.6. The third-order valence-electron chi connectivity index (χ3n) is 5.50. The van der Waals surface area contributed by atoms with Crippen LogP contribution in [0.15, 0.2) is 86.3 Å². The summed E-state index contributed by atoms with van der Waals surface area (Å²) in [5, 5.41) is 22.5. The SMILES string of the molecule is CCc1c(Sc2ccccc2)n(C/C=C/c2ccc([N+](=O)[O-])s2)c(=O)n(C/C=C/c2ccc([N+](=O)[O-])s2)c1=O. The van der Waals surface area contributed by atoms with Crippen molar-refractivity contribution in [3.05, 3.63) is 123 Å². The molecule has 0 atom stereocenters. The molecule has 1 aromatic carbocycles. The number of benzene rings is 1. The minimum Gasteiger partial charge on any atom is -0.283 e. The molecule has 0 N–H and O–H groups in total. The van der Waals surface area contributed by atoms with Crippen LogP contribution in [0.3, 0.4) is 0 Å². The van der Waals surface area contributed by atoms with Crippen LogP contribution in [-0.2, 0) is 19.5 Å². The van der Waals surface area contributed by atoms with Crippen LogP contribution in [0.1, 0.15) is 22.2 Å². The van der Waals surface area contributed by atoms with E-state index in [-0.39, 0.29) is 23.1 Å². The number of nitro groups is 2. The van der Waals surface area contributed by atoms with E-state index >= 15 is 0 Å². The summed E-state index contributed by atoms with van der Waals surface area (Å²) in [6.45, 7) is 1.99. The van der Waals surface area contributed by atoms with Gasteiger partial charge in [0.05, 0.1) is 14.9 Å². The molecule has 39 heavy (non-hydrogen) atoms. The maximum Gasteiger partial charge on any atom is 0.332 e. The summed E-state index contributed by atoms with van der Waals surface area (Å²) in [5.41, 5.74) is -0.403. The molecule has 0 saturated heterocycles. The van der Waals surface area contributed by atoms with Gasteiger partial charge in [0.1, 0.15) is 0 Å². The Balaban J connectivity index is 1.72. The van der Waals surface area contributed by atoms with E-state index in [1.807, 2.05) is 37.3 Å². The quantitative estimate of drug-likeness (QED) is 0.119. The maximum atomic E-state index is 13.6. The molecule has 0 fully saturated rings. The van der Waals surface area contributed by atoms with Gasteiger partial charge >= 0.3 is 15.7 Å². The average molecular weight is 583 g/mol. The largest absolute Gasteiger partial charge is 0.332 e. The molecule has 0 aliphatic rings. The summed E-state index contributed by atoms with van der Waals surface area (Å²) < 4.78 is 2.68. The molecule has 0 amide bonds. The van der Waals surface area contributed by atoms with Gasteiger partial charge in [-0.3, -0.25) is 34.2 Å². The molecular formula is C26H22N4O6S3. The molecule has 0 aliphatic carbocycles. The Morgan fingerprint density at radius 2 is 1.36 bits per heavy atom. The van der Waals surface area contributed by atoms with E-state index in [1.54, 1.807) is 36.4 Å². The van der Waals surface area contributed by atoms with Crippen LogP contribution < -0.4 is 11.2 Å². The lowest BCUT2D eigenvalue weighted by Gasteiger charge is -2.17. The summed E-state index contributed by atoms with van der Waals surface area (Å²) >= 11 is 3.36. The number of thiophene rings is 2. The van der Waals surface area contributed by atoms with Crippen molar-refractivity contribution < 1.29 is 9.85 Å². The molecule has 0 spiro atoms. The van der Waals surface area contributed by atoms with Crippen LogP contribution in [0.25, 0.3) is 12.2 Å². The highest BCUT2D eigenvalue weighted by atomic mass is 32.2. The smallest absolute Gasteiger partial charge is 0.283 e. The molecule has 10 nitrogen and oxygen atoms in total. The monoisotopic (exact) mass is 582 g/mol. The lowest BCUT2D eigenvalue weighted by Crippen LogP contribution is -2.42. The van der Waals surface area contributed by atoms with E-state index in [4.69, 9.17) is 0 Å². The van der Waals surface area contributed by atoms with E-state index in [0.29, 0.717) is 26.8 Å². The van der Waals surface area contributed by atoms with E-state index in [9.17, 15) is 29.8 Å². The first kappa shape index (κ1) is 28.0. The Labute approximate surface area is 234 Å². The third kappa shape index (κ3) is 6.69. The molecule has 200 valence electrons. The van der Waals surface area contributed by atoms with E-state index in [0.717, 1.165) is 32.1 Å². The Morgan fingerprint density at radius 1 is 0.821 bits per heavy atom. The molecule has 0 aliphatic heterocycles. The zero-order valence-electron chi connectivity index (χ0n) is 20.6. The van der Waals surface area contributed by atoms with Gasteiger partial charge in [0.25, 0.3) is 5.56 Å². The van der Waals surface area contributed by atoms with E-state index in [2.05, 4.69) is 0 Å². The molecule has 0 bridgehead atoms. The van der Waals surface area contributed by atoms with Crippen molar-refractivity contribution >= 4 is 56.6 Å². The second-order valence-corrected chi connectivity index (χ2v) is 11.3. The van der Waals surface area contributed by atoms with Crippen LogP contribution in [0.2, 0.25) is 0 Å². The van der Waals surface area contributed by atoms with Gasteiger partial charge in [0.15, 0.2) is 0 Å². The molecule has 0 radical (unpaired) electrons. The Bertz CT molecular complexity index is 1680. The number of rotatable bonds is 11. The fraction of sp³-hybridized carbons (Fsp3) is 0.154. The number of hydrogen-bond acceptors (Lipinski definition) is 9. The molecule has 4 rings (SSSR count). The Kier molecular flexibility index (Phi) is 9.07. The zero-order chi connectivity index (χ0) is 27.9. The average Bonchev–Trinajstić information content (AvgIpc) is 3.59. The van der Waals surface area contributed by atoms with Crippen LogP contribution in [0.5, 0.6) is 0 Å². The fourth-order valence-corrected chi connectivity index (χ4v) is 6.33. The van der Waals surface area contributed by atoms with Crippen molar-refractivity contribution in [2.24, 2.45) is 0 Å². The van der Waals surface area contributed by atoms with Gasteiger partial charge in [-0.25, -0.2) is 4.79 Å². The lowest BCUT2D eigenvalue weighted by atomic mass is 10.2. The molecule has 3 heterocycles. The van der Waals surface area contributed by atoms with Gasteiger partial charge in [-0.05, 0) is 42.8 Å². The van der Waals surface area contributed by atoms with Gasteiger partial charge in [0, 0.05) is 45.4 Å². The van der Waals surface area contributed by atoms with Crippen molar-refractivity contribution in [2.75, 3.05) is 0 Å². The molecule has 4 aromatic rings. The van der Waals surface area contributed by atoms with Gasteiger partial charge < -0.3 is 0 Å². The number of aromatic nitrogens is 2. The van der Waals surface area contributed by atoms with Gasteiger partial charge in [-0.2, -0.15) is 0 Å². The second-order valence-electron chi connectivity index (χ2n) is 8.03. The van der Waals surface area contributed by atoms with Gasteiger partial charge in [0.2, 0.25) is 0 Å². The minimum absolute atomic E-state index is 0.00647. The summed E-state index contributed by atoms with van der Waals surface area (Å²) in [6, 6.07) is 15.5. The van der Waals surface area contributed by atoms with Crippen molar-refractivity contribution in [3.63, 3.8) is 0 Å². The molecule has 3 aromatic heterocycles. The van der Waals surface area contributed by atoms with Crippen LogP contribution >= 0.6 is 34.4 Å².